The molecule has 1 nitrogen and oxygen atoms in total. The molecule has 0 saturated heterocycles. The number of rotatable bonds is 4. The highest BCUT2D eigenvalue weighted by Gasteiger charge is 2.16. The molecule has 0 radical (unpaired) electrons. The second kappa shape index (κ2) is 5.38. The minimum Gasteiger partial charge on any atom is -0.330 e. The molecule has 0 spiro atoms. The lowest BCUT2D eigenvalue weighted by molar-refractivity contribution is 0.559. The first-order valence-corrected chi connectivity index (χ1v) is 6.26. The molecule has 1 aromatic heterocycles. The van der Waals surface area contributed by atoms with E-state index in [0.29, 0.717) is 18.5 Å². The molecule has 1 aromatic carbocycles. The summed E-state index contributed by atoms with van der Waals surface area (Å²) in [6.07, 6.45) is 0.647. The number of benzene rings is 1. The molecule has 0 fully saturated rings. The number of hydrogen-bond donors (Lipinski definition) is 1. The zero-order valence-electron chi connectivity index (χ0n) is 9.20. The van der Waals surface area contributed by atoms with Crippen LogP contribution < -0.4 is 5.73 Å². The Morgan fingerprint density at radius 1 is 1.24 bits per heavy atom. The molecule has 0 amide bonds. The molecule has 0 bridgehead atoms. The molecule has 17 heavy (non-hydrogen) atoms. The Labute approximate surface area is 103 Å². The molecular formula is C13H13F2NS. The van der Waals surface area contributed by atoms with Crippen molar-refractivity contribution in [1.29, 1.82) is 0 Å². The van der Waals surface area contributed by atoms with E-state index < -0.39 is 11.6 Å². The standard InChI is InChI=1S/C13H13F2NS/c14-10-3-4-13(15)12(7-10)9(8-16)6-11-2-1-5-17-11/h1-5,7,9H,6,8,16H2. The van der Waals surface area contributed by atoms with Gasteiger partial charge in [-0.1, -0.05) is 6.07 Å². The fourth-order valence-electron chi connectivity index (χ4n) is 1.82. The third-order valence-electron chi connectivity index (χ3n) is 2.71. The zero-order chi connectivity index (χ0) is 12.3. The lowest BCUT2D eigenvalue weighted by atomic mass is 9.94. The minimum absolute atomic E-state index is 0.177. The number of hydrogen-bond acceptors (Lipinski definition) is 2. The highest BCUT2D eigenvalue weighted by molar-refractivity contribution is 7.09. The largest absolute Gasteiger partial charge is 0.330 e. The van der Waals surface area contributed by atoms with Gasteiger partial charge in [-0.05, 0) is 48.2 Å². The van der Waals surface area contributed by atoms with Crippen molar-refractivity contribution in [2.45, 2.75) is 12.3 Å². The monoisotopic (exact) mass is 253 g/mol. The van der Waals surface area contributed by atoms with Gasteiger partial charge >= 0.3 is 0 Å². The SMILES string of the molecule is NCC(Cc1cccs1)c1cc(F)ccc1F. The Bertz CT molecular complexity index is 482. The molecule has 1 atom stereocenters. The van der Waals surface area contributed by atoms with Crippen LogP contribution in [0.4, 0.5) is 8.78 Å². The summed E-state index contributed by atoms with van der Waals surface area (Å²) in [6.45, 7) is 0.304. The Kier molecular flexibility index (Phi) is 3.86. The van der Waals surface area contributed by atoms with Gasteiger partial charge in [0.2, 0.25) is 0 Å². The topological polar surface area (TPSA) is 26.0 Å². The molecule has 0 saturated carbocycles. The molecular weight excluding hydrogens is 240 g/mol. The van der Waals surface area contributed by atoms with Gasteiger partial charge in [0.25, 0.3) is 0 Å². The molecule has 0 aliphatic heterocycles. The molecule has 2 N–H and O–H groups in total. The maximum Gasteiger partial charge on any atom is 0.126 e. The maximum absolute atomic E-state index is 13.6. The van der Waals surface area contributed by atoms with Gasteiger partial charge in [0.1, 0.15) is 11.6 Å². The summed E-state index contributed by atoms with van der Waals surface area (Å²) in [7, 11) is 0. The quantitative estimate of drug-likeness (QED) is 0.888. The second-order valence-corrected chi connectivity index (χ2v) is 4.91. The van der Waals surface area contributed by atoms with Crippen LogP contribution in [0.2, 0.25) is 0 Å². The van der Waals surface area contributed by atoms with Crippen LogP contribution in [0.1, 0.15) is 16.4 Å². The van der Waals surface area contributed by atoms with E-state index in [1.54, 1.807) is 11.3 Å². The Morgan fingerprint density at radius 2 is 2.06 bits per heavy atom. The Morgan fingerprint density at radius 3 is 2.71 bits per heavy atom. The van der Waals surface area contributed by atoms with Crippen LogP contribution >= 0.6 is 11.3 Å². The average molecular weight is 253 g/mol. The fourth-order valence-corrected chi connectivity index (χ4v) is 2.61. The van der Waals surface area contributed by atoms with Crippen LogP contribution in [-0.4, -0.2) is 6.54 Å². The average Bonchev–Trinajstić information content (AvgIpc) is 2.82. The molecule has 2 rings (SSSR count). The summed E-state index contributed by atoms with van der Waals surface area (Å²) in [6, 6.07) is 7.43. The summed E-state index contributed by atoms with van der Waals surface area (Å²) in [5.41, 5.74) is 6.02. The lowest BCUT2D eigenvalue weighted by Crippen LogP contribution is -2.16. The Hall–Kier alpha value is -1.26. The molecule has 1 unspecified atom stereocenters. The molecule has 2 aromatic rings. The normalized spacial score (nSPS) is 12.6. The summed E-state index contributed by atoms with van der Waals surface area (Å²) >= 11 is 1.60. The van der Waals surface area contributed by atoms with Gasteiger partial charge in [-0.15, -0.1) is 11.3 Å². The van der Waals surface area contributed by atoms with Gasteiger partial charge in [0.05, 0.1) is 0 Å². The number of thiophene rings is 1. The zero-order valence-corrected chi connectivity index (χ0v) is 10.0. The first kappa shape index (κ1) is 12.2. The summed E-state index contributed by atoms with van der Waals surface area (Å²) in [4.78, 5) is 1.13. The highest BCUT2D eigenvalue weighted by atomic mass is 32.1. The van der Waals surface area contributed by atoms with E-state index in [0.717, 1.165) is 17.0 Å². The number of nitrogens with two attached hydrogens (primary N) is 1. The third-order valence-corrected chi connectivity index (χ3v) is 3.61. The van der Waals surface area contributed by atoms with Crippen molar-refractivity contribution in [3.05, 3.63) is 57.8 Å². The molecule has 0 aliphatic carbocycles. The predicted molar refractivity (Wildman–Crippen MR) is 66.2 cm³/mol. The fraction of sp³-hybridized carbons (Fsp3) is 0.231. The minimum atomic E-state index is -0.425. The smallest absolute Gasteiger partial charge is 0.126 e. The van der Waals surface area contributed by atoms with E-state index in [2.05, 4.69) is 0 Å². The summed E-state index contributed by atoms with van der Waals surface area (Å²) in [5, 5.41) is 1.96. The van der Waals surface area contributed by atoms with Gasteiger partial charge in [0.15, 0.2) is 0 Å². The van der Waals surface area contributed by atoms with E-state index in [1.165, 1.54) is 6.07 Å². The van der Waals surface area contributed by atoms with Crippen LogP contribution in [0.25, 0.3) is 0 Å². The third kappa shape index (κ3) is 2.90. The highest BCUT2D eigenvalue weighted by Crippen LogP contribution is 2.25. The van der Waals surface area contributed by atoms with Gasteiger partial charge in [0, 0.05) is 10.8 Å². The maximum atomic E-state index is 13.6. The number of halogens is 2. The van der Waals surface area contributed by atoms with E-state index in [1.807, 2.05) is 17.5 Å². The van der Waals surface area contributed by atoms with E-state index in [9.17, 15) is 8.78 Å². The van der Waals surface area contributed by atoms with Crippen molar-refractivity contribution in [3.8, 4) is 0 Å². The van der Waals surface area contributed by atoms with Crippen molar-refractivity contribution in [2.75, 3.05) is 6.54 Å². The van der Waals surface area contributed by atoms with Crippen LogP contribution in [0.15, 0.2) is 35.7 Å². The molecule has 90 valence electrons. The van der Waals surface area contributed by atoms with Gasteiger partial charge in [-0.3, -0.25) is 0 Å². The molecule has 1 heterocycles. The van der Waals surface area contributed by atoms with Crippen molar-refractivity contribution in [2.24, 2.45) is 5.73 Å². The first-order chi connectivity index (χ1) is 8.20. The first-order valence-electron chi connectivity index (χ1n) is 5.38. The van der Waals surface area contributed by atoms with Crippen LogP contribution in [0, 0.1) is 11.6 Å². The second-order valence-electron chi connectivity index (χ2n) is 3.88. The van der Waals surface area contributed by atoms with Crippen LogP contribution in [0.5, 0.6) is 0 Å². The molecule has 4 heteroatoms. The molecule has 0 aliphatic rings. The van der Waals surface area contributed by atoms with Gasteiger partial charge < -0.3 is 5.73 Å². The lowest BCUT2D eigenvalue weighted by Gasteiger charge is -2.15. The van der Waals surface area contributed by atoms with Crippen LogP contribution in [0.3, 0.4) is 0 Å². The van der Waals surface area contributed by atoms with Crippen LogP contribution in [-0.2, 0) is 6.42 Å². The van der Waals surface area contributed by atoms with Crippen molar-refractivity contribution in [3.63, 3.8) is 0 Å². The summed E-state index contributed by atoms with van der Waals surface area (Å²) < 4.78 is 26.7. The van der Waals surface area contributed by atoms with E-state index >= 15 is 0 Å². The van der Waals surface area contributed by atoms with Crippen molar-refractivity contribution >= 4 is 11.3 Å². The van der Waals surface area contributed by atoms with Gasteiger partial charge in [-0.25, -0.2) is 8.78 Å². The van der Waals surface area contributed by atoms with Crippen molar-refractivity contribution in [1.82, 2.24) is 0 Å². The Balaban J connectivity index is 2.25. The van der Waals surface area contributed by atoms with E-state index in [-0.39, 0.29) is 5.92 Å². The predicted octanol–water partition coefficient (Wildman–Crippen LogP) is 3.31. The summed E-state index contributed by atoms with van der Waals surface area (Å²) in [5.74, 6) is -0.992. The van der Waals surface area contributed by atoms with E-state index in [4.69, 9.17) is 5.73 Å². The van der Waals surface area contributed by atoms with Crippen molar-refractivity contribution < 1.29 is 8.78 Å². The van der Waals surface area contributed by atoms with Gasteiger partial charge in [-0.2, -0.15) is 0 Å².